The molecule has 9 nitrogen and oxygen atoms in total. The van der Waals surface area contributed by atoms with Crippen LogP contribution in [0.15, 0.2) is 42.5 Å². The van der Waals surface area contributed by atoms with Crippen LogP contribution < -0.4 is 15.8 Å². The van der Waals surface area contributed by atoms with E-state index >= 15 is 0 Å². The van der Waals surface area contributed by atoms with E-state index in [4.69, 9.17) is 5.73 Å². The zero-order valence-corrected chi connectivity index (χ0v) is 18.9. The Hall–Kier alpha value is -4.19. The van der Waals surface area contributed by atoms with Crippen LogP contribution in [0.4, 0.5) is 24.7 Å². The predicted molar refractivity (Wildman–Crippen MR) is 122 cm³/mol. The molecule has 35 heavy (non-hydrogen) atoms. The summed E-state index contributed by atoms with van der Waals surface area (Å²) < 4.78 is 42.8. The van der Waals surface area contributed by atoms with Crippen LogP contribution in [0.5, 0.6) is 5.75 Å². The number of nitrogen functional groups attached to an aromatic ring is 1. The van der Waals surface area contributed by atoms with Gasteiger partial charge in [-0.05, 0) is 62.2 Å². The Labute approximate surface area is 197 Å². The third-order valence-corrected chi connectivity index (χ3v) is 5.18. The van der Waals surface area contributed by atoms with Gasteiger partial charge in [-0.1, -0.05) is 12.1 Å². The average molecular weight is 486 g/mol. The highest BCUT2D eigenvalue weighted by Gasteiger charge is 2.31. The van der Waals surface area contributed by atoms with Crippen molar-refractivity contribution in [3.63, 3.8) is 0 Å². The van der Waals surface area contributed by atoms with Crippen LogP contribution in [0.3, 0.4) is 0 Å². The number of aryl methyl sites for hydroxylation is 3. The van der Waals surface area contributed by atoms with Crippen LogP contribution in [0, 0.1) is 20.8 Å². The fourth-order valence-electron chi connectivity index (χ4n) is 3.69. The normalized spacial score (nSPS) is 12.5. The van der Waals surface area contributed by atoms with Crippen molar-refractivity contribution in [2.24, 2.45) is 0 Å². The first-order valence-electron chi connectivity index (χ1n) is 10.4. The largest absolute Gasteiger partial charge is 0.573 e. The average Bonchev–Trinajstić information content (AvgIpc) is 3.08. The summed E-state index contributed by atoms with van der Waals surface area (Å²) in [5.41, 5.74) is 9.70. The second kappa shape index (κ2) is 8.87. The zero-order chi connectivity index (χ0) is 25.5. The number of fused-ring (bicyclic) bond motifs is 1. The summed E-state index contributed by atoms with van der Waals surface area (Å²) in [7, 11) is 0. The van der Waals surface area contributed by atoms with E-state index in [0.29, 0.717) is 33.9 Å². The third-order valence-electron chi connectivity index (χ3n) is 5.18. The van der Waals surface area contributed by atoms with Gasteiger partial charge in [0.05, 0.1) is 11.4 Å². The van der Waals surface area contributed by atoms with Gasteiger partial charge in [-0.15, -0.1) is 13.2 Å². The highest BCUT2D eigenvalue weighted by molar-refractivity contribution is 5.95. The molecule has 0 aliphatic rings. The summed E-state index contributed by atoms with van der Waals surface area (Å²) in [5.74, 6) is -0.553. The number of hydrogen-bond donors (Lipinski definition) is 3. The summed E-state index contributed by atoms with van der Waals surface area (Å²) in [5, 5.41) is 17.4. The number of nitrogens with one attached hydrogen (secondary N) is 1. The molecule has 0 fully saturated rings. The van der Waals surface area contributed by atoms with Gasteiger partial charge >= 0.3 is 6.36 Å². The van der Waals surface area contributed by atoms with Crippen LogP contribution in [0.25, 0.3) is 16.7 Å². The van der Waals surface area contributed by atoms with Crippen LogP contribution in [-0.2, 0) is 4.79 Å². The number of ether oxygens (including phenoxy) is 1. The maximum atomic E-state index is 12.6. The number of anilines is 2. The first kappa shape index (κ1) is 24.0. The van der Waals surface area contributed by atoms with Gasteiger partial charge in [0.2, 0.25) is 0 Å². The number of nitrogens with zero attached hydrogens (tertiary/aromatic N) is 4. The van der Waals surface area contributed by atoms with E-state index in [0.717, 1.165) is 17.7 Å². The van der Waals surface area contributed by atoms with E-state index in [9.17, 15) is 23.1 Å². The number of aliphatic hydroxyl groups is 1. The molecule has 4 N–H and O–H groups in total. The van der Waals surface area contributed by atoms with E-state index in [1.165, 1.54) is 12.1 Å². The van der Waals surface area contributed by atoms with Crippen molar-refractivity contribution in [3.05, 3.63) is 65.1 Å². The number of rotatable bonds is 5. The van der Waals surface area contributed by atoms with Crippen molar-refractivity contribution in [2.75, 3.05) is 11.1 Å². The number of aromatic nitrogens is 4. The first-order valence-corrected chi connectivity index (χ1v) is 10.4. The maximum Gasteiger partial charge on any atom is 0.573 e. The van der Waals surface area contributed by atoms with E-state index < -0.39 is 24.1 Å². The summed E-state index contributed by atoms with van der Waals surface area (Å²) in [6, 6.07) is 9.57. The molecule has 0 radical (unpaired) electrons. The molecule has 2 heterocycles. The second-order valence-electron chi connectivity index (χ2n) is 7.86. The van der Waals surface area contributed by atoms with Gasteiger partial charge < -0.3 is 20.9 Å². The highest BCUT2D eigenvalue weighted by Crippen LogP contribution is 2.29. The van der Waals surface area contributed by atoms with Gasteiger partial charge in [0.25, 0.3) is 5.91 Å². The summed E-state index contributed by atoms with van der Waals surface area (Å²) in [6.45, 7) is 5.35. The van der Waals surface area contributed by atoms with Gasteiger partial charge in [0.1, 0.15) is 22.6 Å². The minimum Gasteiger partial charge on any atom is -0.406 e. The quantitative estimate of drug-likeness (QED) is 0.390. The Bertz CT molecular complexity index is 1430. The van der Waals surface area contributed by atoms with Crippen LogP contribution in [-0.4, -0.2) is 37.1 Å². The third kappa shape index (κ3) is 5.01. The van der Waals surface area contributed by atoms with Gasteiger partial charge in [-0.2, -0.15) is 5.10 Å². The molecule has 0 spiro atoms. The van der Waals surface area contributed by atoms with Gasteiger partial charge in [0, 0.05) is 5.69 Å². The lowest BCUT2D eigenvalue weighted by molar-refractivity contribution is -0.274. The van der Waals surface area contributed by atoms with Crippen LogP contribution >= 0.6 is 0 Å². The van der Waals surface area contributed by atoms with Crippen LogP contribution in [0.2, 0.25) is 0 Å². The molecule has 0 saturated heterocycles. The number of amides is 1. The summed E-state index contributed by atoms with van der Waals surface area (Å²) in [4.78, 5) is 21.2. The topological polar surface area (TPSA) is 128 Å². The standard InChI is InChI=1S/C23H21F3N6O3/c1-11-9-15(30-22(34)20(33)14-5-4-6-16(10-14)35-23(24,25)26)7-8-17(11)32-19-18(12(2)31-32)28-13(3)29-21(19)27/h4-10,20,33H,1-3H3,(H,30,34)(H2,27,28,29). The van der Waals surface area contributed by atoms with E-state index in [1.807, 2.05) is 6.92 Å². The number of hydrogen-bond acceptors (Lipinski definition) is 7. The van der Waals surface area contributed by atoms with Gasteiger partial charge in [-0.25, -0.2) is 14.6 Å². The van der Waals surface area contributed by atoms with Gasteiger partial charge in [-0.3, -0.25) is 4.79 Å². The second-order valence-corrected chi connectivity index (χ2v) is 7.86. The lowest BCUT2D eigenvalue weighted by atomic mass is 10.1. The molecular weight excluding hydrogens is 465 g/mol. The lowest BCUT2D eigenvalue weighted by Gasteiger charge is -2.15. The SMILES string of the molecule is Cc1nc(N)c2c(n1)c(C)nn2-c1ccc(NC(=O)C(O)c2cccc(OC(F)(F)F)c2)cc1C. The molecule has 2 aromatic heterocycles. The molecule has 1 atom stereocenters. The smallest absolute Gasteiger partial charge is 0.406 e. The lowest BCUT2D eigenvalue weighted by Crippen LogP contribution is -2.21. The summed E-state index contributed by atoms with van der Waals surface area (Å²) >= 11 is 0. The number of carbonyl (C=O) groups is 1. The molecule has 4 rings (SSSR count). The molecule has 2 aromatic carbocycles. The number of nitrogens with two attached hydrogens (primary N) is 1. The number of alkyl halides is 3. The van der Waals surface area contributed by atoms with Gasteiger partial charge in [0.15, 0.2) is 11.9 Å². The Morgan fingerprint density at radius 2 is 1.89 bits per heavy atom. The highest BCUT2D eigenvalue weighted by atomic mass is 19.4. The molecular formula is C23H21F3N6O3. The Balaban J connectivity index is 1.57. The minimum atomic E-state index is -4.89. The van der Waals surface area contributed by atoms with E-state index in [-0.39, 0.29) is 11.4 Å². The Kier molecular flexibility index (Phi) is 6.07. The number of benzene rings is 2. The Morgan fingerprint density at radius 1 is 1.14 bits per heavy atom. The van der Waals surface area contributed by atoms with E-state index in [1.54, 1.807) is 36.7 Å². The fraction of sp³-hybridized carbons (Fsp3) is 0.217. The maximum absolute atomic E-state index is 12.6. The molecule has 0 saturated carbocycles. The van der Waals surface area contributed by atoms with Crippen molar-refractivity contribution in [1.82, 2.24) is 19.7 Å². The molecule has 12 heteroatoms. The van der Waals surface area contributed by atoms with Crippen molar-refractivity contribution >= 4 is 28.4 Å². The van der Waals surface area contributed by atoms with Crippen LogP contribution in [0.1, 0.15) is 28.7 Å². The molecule has 0 aliphatic heterocycles. The summed E-state index contributed by atoms with van der Waals surface area (Å²) in [6.07, 6.45) is -6.61. The predicted octanol–water partition coefficient (Wildman–Crippen LogP) is 3.89. The number of halogens is 3. The molecule has 182 valence electrons. The number of aliphatic hydroxyl groups excluding tert-OH is 1. The van der Waals surface area contributed by atoms with Crippen molar-refractivity contribution in [3.8, 4) is 11.4 Å². The monoisotopic (exact) mass is 486 g/mol. The molecule has 0 aliphatic carbocycles. The van der Waals surface area contributed by atoms with Crippen molar-refractivity contribution < 1.29 is 27.8 Å². The van der Waals surface area contributed by atoms with Crippen molar-refractivity contribution in [2.45, 2.75) is 33.2 Å². The van der Waals surface area contributed by atoms with E-state index in [2.05, 4.69) is 25.1 Å². The first-order chi connectivity index (χ1) is 16.4. The number of carbonyl (C=O) groups excluding carboxylic acids is 1. The van der Waals surface area contributed by atoms with Crippen molar-refractivity contribution in [1.29, 1.82) is 0 Å². The molecule has 1 amide bonds. The molecule has 4 aromatic rings. The zero-order valence-electron chi connectivity index (χ0n) is 18.9. The Morgan fingerprint density at radius 3 is 2.57 bits per heavy atom. The minimum absolute atomic E-state index is 0.0538. The molecule has 1 unspecified atom stereocenters. The molecule has 0 bridgehead atoms. The fourth-order valence-corrected chi connectivity index (χ4v) is 3.69.